The second-order valence-electron chi connectivity index (χ2n) is 6.36. The zero-order valence-corrected chi connectivity index (χ0v) is 14.3. The Morgan fingerprint density at radius 3 is 2.64 bits per heavy atom. The summed E-state index contributed by atoms with van der Waals surface area (Å²) in [5.74, 6) is 0.671. The number of hydrogen-bond acceptors (Lipinski definition) is 4. The molecule has 1 aliphatic rings. The lowest BCUT2D eigenvalue weighted by molar-refractivity contribution is 0.454. The zero-order valence-electron chi connectivity index (χ0n) is 13.6. The molecule has 4 nitrogen and oxygen atoms in total. The van der Waals surface area contributed by atoms with Gasteiger partial charge in [0.2, 0.25) is 0 Å². The summed E-state index contributed by atoms with van der Waals surface area (Å²) in [6.45, 7) is 1.86. The number of phenols is 1. The molecular weight excluding hydrogens is 338 g/mol. The average Bonchev–Trinajstić information content (AvgIpc) is 2.62. The average molecular weight is 356 g/mol. The van der Waals surface area contributed by atoms with Gasteiger partial charge in [0.25, 0.3) is 0 Å². The Morgan fingerprint density at radius 2 is 1.88 bits per heavy atom. The molecule has 1 aromatic heterocycles. The zero-order chi connectivity index (χ0) is 17.4. The molecule has 25 heavy (non-hydrogen) atoms. The maximum absolute atomic E-state index is 12.7. The third-order valence-corrected chi connectivity index (χ3v) is 5.13. The first-order valence-electron chi connectivity index (χ1n) is 8.40. The third kappa shape index (κ3) is 2.92. The molecule has 1 aliphatic heterocycles. The Bertz CT molecular complexity index is 990. The van der Waals surface area contributed by atoms with Gasteiger partial charge >= 0.3 is 0 Å². The molecular formula is C20H18ClNO3. The van der Waals surface area contributed by atoms with Crippen LogP contribution in [0.15, 0.2) is 51.7 Å². The minimum absolute atomic E-state index is 0.0489. The first kappa shape index (κ1) is 16.2. The van der Waals surface area contributed by atoms with Crippen LogP contribution in [0.25, 0.3) is 22.3 Å². The number of aromatic hydroxyl groups is 1. The highest BCUT2D eigenvalue weighted by Crippen LogP contribution is 2.36. The van der Waals surface area contributed by atoms with Gasteiger partial charge in [-0.1, -0.05) is 29.8 Å². The van der Waals surface area contributed by atoms with Crippen molar-refractivity contribution in [2.24, 2.45) is 0 Å². The van der Waals surface area contributed by atoms with E-state index < -0.39 is 0 Å². The first-order valence-corrected chi connectivity index (χ1v) is 8.78. The van der Waals surface area contributed by atoms with Crippen LogP contribution in [0.2, 0.25) is 5.02 Å². The van der Waals surface area contributed by atoms with E-state index in [0.717, 1.165) is 31.5 Å². The number of piperidine rings is 1. The van der Waals surface area contributed by atoms with Gasteiger partial charge in [0.1, 0.15) is 22.5 Å². The summed E-state index contributed by atoms with van der Waals surface area (Å²) >= 11 is 6.26. The highest BCUT2D eigenvalue weighted by molar-refractivity contribution is 6.33. The molecule has 1 saturated heterocycles. The molecule has 0 aliphatic carbocycles. The van der Waals surface area contributed by atoms with Gasteiger partial charge in [0.15, 0.2) is 5.43 Å². The Hall–Kier alpha value is -2.30. The van der Waals surface area contributed by atoms with Crippen molar-refractivity contribution in [2.75, 3.05) is 13.1 Å². The lowest BCUT2D eigenvalue weighted by Gasteiger charge is -2.23. The number of phenolic OH excluding ortho intramolecular Hbond substituents is 1. The molecule has 0 amide bonds. The van der Waals surface area contributed by atoms with Crippen LogP contribution in [0.5, 0.6) is 5.75 Å². The molecule has 2 N–H and O–H groups in total. The van der Waals surface area contributed by atoms with E-state index in [2.05, 4.69) is 5.32 Å². The minimum Gasteiger partial charge on any atom is -0.507 e. The normalized spacial score (nSPS) is 15.6. The van der Waals surface area contributed by atoms with Gasteiger partial charge in [-0.25, -0.2) is 0 Å². The first-order chi connectivity index (χ1) is 12.1. The van der Waals surface area contributed by atoms with Crippen molar-refractivity contribution in [1.82, 2.24) is 5.32 Å². The summed E-state index contributed by atoms with van der Waals surface area (Å²) in [6, 6.07) is 12.1. The molecule has 2 heterocycles. The van der Waals surface area contributed by atoms with Crippen molar-refractivity contribution >= 4 is 22.6 Å². The number of hydrogen-bond donors (Lipinski definition) is 2. The van der Waals surface area contributed by atoms with Gasteiger partial charge < -0.3 is 14.8 Å². The number of halogens is 1. The SMILES string of the molecule is O=c1cc(-c2ccccc2Cl)oc2c(C3CCNCC3)ccc(O)c12. The fourth-order valence-electron chi connectivity index (χ4n) is 3.52. The van der Waals surface area contributed by atoms with Crippen LogP contribution in [-0.4, -0.2) is 18.2 Å². The molecule has 0 radical (unpaired) electrons. The Balaban J connectivity index is 1.97. The second-order valence-corrected chi connectivity index (χ2v) is 6.76. The molecule has 3 aromatic rings. The summed E-state index contributed by atoms with van der Waals surface area (Å²) in [4.78, 5) is 12.7. The maximum atomic E-state index is 12.7. The van der Waals surface area contributed by atoms with E-state index in [9.17, 15) is 9.90 Å². The van der Waals surface area contributed by atoms with Crippen LogP contribution in [0.3, 0.4) is 0 Å². The quantitative estimate of drug-likeness (QED) is 0.720. The Kier molecular flexibility index (Phi) is 4.24. The standard InChI is InChI=1S/C20H18ClNO3/c21-15-4-2-1-3-14(15)18-11-17(24)19-16(23)6-5-13(20(19)25-18)12-7-9-22-10-8-12/h1-6,11-12,22-23H,7-10H2. The van der Waals surface area contributed by atoms with Crippen molar-refractivity contribution in [1.29, 1.82) is 0 Å². The summed E-state index contributed by atoms with van der Waals surface area (Å²) in [7, 11) is 0. The van der Waals surface area contributed by atoms with Crippen LogP contribution in [0, 0.1) is 0 Å². The van der Waals surface area contributed by atoms with E-state index in [0.29, 0.717) is 27.8 Å². The highest BCUT2D eigenvalue weighted by Gasteiger charge is 2.22. The van der Waals surface area contributed by atoms with E-state index in [1.807, 2.05) is 24.3 Å². The maximum Gasteiger partial charge on any atom is 0.197 e. The van der Waals surface area contributed by atoms with Gasteiger partial charge in [-0.2, -0.15) is 0 Å². The molecule has 1 fully saturated rings. The monoisotopic (exact) mass is 355 g/mol. The fraction of sp³-hybridized carbons (Fsp3) is 0.250. The fourth-order valence-corrected chi connectivity index (χ4v) is 3.74. The van der Waals surface area contributed by atoms with Crippen LogP contribution in [0.4, 0.5) is 0 Å². The van der Waals surface area contributed by atoms with Gasteiger partial charge in [-0.3, -0.25) is 4.79 Å². The number of nitrogens with one attached hydrogen (secondary N) is 1. The molecule has 0 saturated carbocycles. The number of fused-ring (bicyclic) bond motifs is 1. The Morgan fingerprint density at radius 1 is 1.12 bits per heavy atom. The van der Waals surface area contributed by atoms with E-state index in [1.165, 1.54) is 6.07 Å². The highest BCUT2D eigenvalue weighted by atomic mass is 35.5. The third-order valence-electron chi connectivity index (χ3n) is 4.81. The molecule has 4 rings (SSSR count). The largest absolute Gasteiger partial charge is 0.507 e. The van der Waals surface area contributed by atoms with Crippen molar-refractivity contribution in [3.05, 3.63) is 63.3 Å². The molecule has 0 bridgehead atoms. The van der Waals surface area contributed by atoms with Crippen LogP contribution >= 0.6 is 11.6 Å². The molecule has 0 spiro atoms. The smallest absolute Gasteiger partial charge is 0.197 e. The molecule has 2 aromatic carbocycles. The van der Waals surface area contributed by atoms with Gasteiger partial charge in [0, 0.05) is 11.6 Å². The molecule has 5 heteroatoms. The van der Waals surface area contributed by atoms with Gasteiger partial charge in [-0.15, -0.1) is 0 Å². The van der Waals surface area contributed by atoms with Crippen molar-refractivity contribution in [3.8, 4) is 17.1 Å². The Labute approximate surface area is 150 Å². The van der Waals surface area contributed by atoms with E-state index in [-0.39, 0.29) is 16.6 Å². The van der Waals surface area contributed by atoms with Crippen LogP contribution in [0.1, 0.15) is 24.3 Å². The summed E-state index contributed by atoms with van der Waals surface area (Å²) in [5.41, 5.74) is 1.85. The van der Waals surface area contributed by atoms with E-state index in [4.69, 9.17) is 16.0 Å². The lowest BCUT2D eigenvalue weighted by atomic mass is 9.89. The van der Waals surface area contributed by atoms with Gasteiger partial charge in [0.05, 0.1) is 5.02 Å². The lowest BCUT2D eigenvalue weighted by Crippen LogP contribution is -2.26. The predicted octanol–water partition coefficient (Wildman–Crippen LogP) is 4.29. The van der Waals surface area contributed by atoms with Crippen molar-refractivity contribution in [2.45, 2.75) is 18.8 Å². The number of benzene rings is 2. The number of rotatable bonds is 2. The van der Waals surface area contributed by atoms with E-state index >= 15 is 0 Å². The van der Waals surface area contributed by atoms with Crippen molar-refractivity contribution < 1.29 is 9.52 Å². The van der Waals surface area contributed by atoms with E-state index in [1.54, 1.807) is 12.1 Å². The topological polar surface area (TPSA) is 62.5 Å². The van der Waals surface area contributed by atoms with Crippen LogP contribution < -0.4 is 10.7 Å². The van der Waals surface area contributed by atoms with Crippen molar-refractivity contribution in [3.63, 3.8) is 0 Å². The molecule has 0 unspecified atom stereocenters. The summed E-state index contributed by atoms with van der Waals surface area (Å²) in [5, 5.41) is 14.3. The molecule has 0 atom stereocenters. The predicted molar refractivity (Wildman–Crippen MR) is 99.4 cm³/mol. The minimum atomic E-state index is -0.260. The molecule has 128 valence electrons. The summed E-state index contributed by atoms with van der Waals surface area (Å²) in [6.07, 6.45) is 1.94. The summed E-state index contributed by atoms with van der Waals surface area (Å²) < 4.78 is 6.11. The van der Waals surface area contributed by atoms with Crippen LogP contribution in [-0.2, 0) is 0 Å². The van der Waals surface area contributed by atoms with Gasteiger partial charge in [-0.05, 0) is 55.6 Å². The second kappa shape index (κ2) is 6.54.